The summed E-state index contributed by atoms with van der Waals surface area (Å²) >= 11 is 0. The summed E-state index contributed by atoms with van der Waals surface area (Å²) in [4.78, 5) is 31.9. The third-order valence-corrected chi connectivity index (χ3v) is 2.03. The van der Waals surface area contributed by atoms with Gasteiger partial charge in [0.05, 0.1) is 12.1 Å². The third kappa shape index (κ3) is 2.29. The molecule has 0 aromatic carbocycles. The average molecular weight is 201 g/mol. The lowest BCUT2D eigenvalue weighted by atomic mass is 10.0. The first-order valence-corrected chi connectivity index (χ1v) is 4.12. The average Bonchev–Trinajstić information content (AvgIpc) is 2.50. The molecule has 6 nitrogen and oxygen atoms in total. The fourth-order valence-corrected chi connectivity index (χ4v) is 1.19. The van der Waals surface area contributed by atoms with Crippen molar-refractivity contribution in [3.05, 3.63) is 0 Å². The lowest BCUT2D eigenvalue weighted by Crippen LogP contribution is -2.50. The van der Waals surface area contributed by atoms with Crippen molar-refractivity contribution in [1.82, 2.24) is 5.32 Å². The molecule has 2 N–H and O–H groups in total. The first-order chi connectivity index (χ1) is 6.44. The molecule has 1 rings (SSSR count). The lowest BCUT2D eigenvalue weighted by molar-refractivity contribution is -0.153. The minimum absolute atomic E-state index is 0.297. The zero-order valence-corrected chi connectivity index (χ0v) is 7.70. The van der Waals surface area contributed by atoms with Crippen LogP contribution in [0.4, 0.5) is 0 Å². The minimum atomic E-state index is -1.75. The molecule has 1 fully saturated rings. The van der Waals surface area contributed by atoms with E-state index in [1.54, 1.807) is 6.92 Å². The van der Waals surface area contributed by atoms with E-state index in [1.165, 1.54) is 0 Å². The number of carbonyl (C=O) groups is 3. The molecule has 0 saturated carbocycles. The maximum atomic E-state index is 11.0. The molecule has 0 spiro atoms. The maximum absolute atomic E-state index is 11.0. The van der Waals surface area contributed by atoms with Crippen molar-refractivity contribution < 1.29 is 24.2 Å². The fourth-order valence-electron chi connectivity index (χ4n) is 1.19. The van der Waals surface area contributed by atoms with Gasteiger partial charge in [0.2, 0.25) is 0 Å². The molecule has 1 saturated heterocycles. The van der Waals surface area contributed by atoms with Crippen molar-refractivity contribution in [1.29, 1.82) is 0 Å². The highest BCUT2D eigenvalue weighted by Gasteiger charge is 2.34. The first-order valence-electron chi connectivity index (χ1n) is 4.12. The summed E-state index contributed by atoms with van der Waals surface area (Å²) in [5, 5.41) is 10.6. The van der Waals surface area contributed by atoms with Gasteiger partial charge in [0, 0.05) is 6.61 Å². The van der Waals surface area contributed by atoms with Gasteiger partial charge >= 0.3 is 11.8 Å². The Morgan fingerprint density at radius 2 is 2.07 bits per heavy atom. The van der Waals surface area contributed by atoms with Crippen LogP contribution in [0.15, 0.2) is 0 Å². The normalized spacial score (nSPS) is 25.8. The van der Waals surface area contributed by atoms with Gasteiger partial charge in [-0.15, -0.1) is 0 Å². The van der Waals surface area contributed by atoms with Crippen LogP contribution in [0.1, 0.15) is 13.3 Å². The molecule has 78 valence electrons. The number of rotatable bonds is 3. The molecule has 6 heteroatoms. The van der Waals surface area contributed by atoms with Crippen molar-refractivity contribution in [2.45, 2.75) is 18.9 Å². The van der Waals surface area contributed by atoms with E-state index in [4.69, 9.17) is 9.84 Å². The van der Waals surface area contributed by atoms with Gasteiger partial charge in [0.25, 0.3) is 5.91 Å². The summed E-state index contributed by atoms with van der Waals surface area (Å²) in [5.41, 5.74) is -0.623. The molecule has 0 bridgehead atoms. The molecule has 1 unspecified atom stereocenters. The van der Waals surface area contributed by atoms with Crippen LogP contribution in [0.3, 0.4) is 0 Å². The number of ether oxygens (including phenoxy) is 1. The molecule has 1 atom stereocenters. The molecule has 14 heavy (non-hydrogen) atoms. The van der Waals surface area contributed by atoms with E-state index < -0.39 is 23.2 Å². The van der Waals surface area contributed by atoms with E-state index in [2.05, 4.69) is 5.32 Å². The number of hydrogen-bond acceptors (Lipinski definition) is 4. The standard InChI is InChI=1S/C8H11NO5/c1-8(2-3-14-4-8)9-6(11)5(10)7(12)13/h2-4H2,1H3,(H,9,11)(H,12,13). The van der Waals surface area contributed by atoms with E-state index in [9.17, 15) is 14.4 Å². The van der Waals surface area contributed by atoms with Crippen molar-refractivity contribution in [2.24, 2.45) is 0 Å². The smallest absolute Gasteiger partial charge is 0.382 e. The molecule has 0 aromatic rings. The van der Waals surface area contributed by atoms with Crippen molar-refractivity contribution in [3.63, 3.8) is 0 Å². The summed E-state index contributed by atoms with van der Waals surface area (Å²) in [6, 6.07) is 0. The lowest BCUT2D eigenvalue weighted by Gasteiger charge is -2.22. The SMILES string of the molecule is CC1(NC(=O)C(=O)C(=O)O)CCOC1. The van der Waals surface area contributed by atoms with Crippen LogP contribution < -0.4 is 5.32 Å². The number of ketones is 1. The van der Waals surface area contributed by atoms with Crippen LogP contribution in [0.25, 0.3) is 0 Å². The monoisotopic (exact) mass is 201 g/mol. The van der Waals surface area contributed by atoms with Crippen LogP contribution in [0.2, 0.25) is 0 Å². The Labute approximate surface area is 80.2 Å². The van der Waals surface area contributed by atoms with E-state index in [0.717, 1.165) is 0 Å². The predicted molar refractivity (Wildman–Crippen MR) is 44.6 cm³/mol. The summed E-state index contributed by atoms with van der Waals surface area (Å²) in [6.45, 7) is 2.50. The Morgan fingerprint density at radius 3 is 2.50 bits per heavy atom. The predicted octanol–water partition coefficient (Wildman–Crippen LogP) is -1.06. The van der Waals surface area contributed by atoms with Crippen LogP contribution in [0, 0.1) is 0 Å². The first kappa shape index (κ1) is 10.6. The van der Waals surface area contributed by atoms with Crippen LogP contribution in [-0.2, 0) is 19.1 Å². The highest BCUT2D eigenvalue weighted by Crippen LogP contribution is 2.16. The van der Waals surface area contributed by atoms with Gasteiger partial charge < -0.3 is 15.2 Å². The summed E-state index contributed by atoms with van der Waals surface area (Å²) in [7, 11) is 0. The quantitative estimate of drug-likeness (QED) is 0.448. The van der Waals surface area contributed by atoms with Gasteiger partial charge in [-0.25, -0.2) is 4.79 Å². The summed E-state index contributed by atoms with van der Waals surface area (Å²) in [6.07, 6.45) is 0.575. The number of carboxylic acid groups (broad SMARTS) is 1. The Kier molecular flexibility index (Phi) is 2.85. The Morgan fingerprint density at radius 1 is 1.43 bits per heavy atom. The second kappa shape index (κ2) is 3.75. The number of nitrogens with one attached hydrogen (secondary N) is 1. The molecular weight excluding hydrogens is 190 g/mol. The van der Waals surface area contributed by atoms with Crippen LogP contribution >= 0.6 is 0 Å². The van der Waals surface area contributed by atoms with Gasteiger partial charge in [-0.05, 0) is 13.3 Å². The number of carbonyl (C=O) groups excluding carboxylic acids is 2. The highest BCUT2D eigenvalue weighted by atomic mass is 16.5. The van der Waals surface area contributed by atoms with Gasteiger partial charge in [-0.3, -0.25) is 9.59 Å². The van der Waals surface area contributed by atoms with Gasteiger partial charge in [-0.2, -0.15) is 0 Å². The Balaban J connectivity index is 2.56. The number of aliphatic carboxylic acids is 1. The van der Waals surface area contributed by atoms with E-state index in [-0.39, 0.29) is 0 Å². The minimum Gasteiger partial charge on any atom is -0.475 e. The maximum Gasteiger partial charge on any atom is 0.382 e. The van der Waals surface area contributed by atoms with Crippen molar-refractivity contribution >= 4 is 17.7 Å². The summed E-state index contributed by atoms with van der Waals surface area (Å²) < 4.78 is 5.03. The largest absolute Gasteiger partial charge is 0.475 e. The van der Waals surface area contributed by atoms with Gasteiger partial charge in [-0.1, -0.05) is 0 Å². The number of hydrogen-bond donors (Lipinski definition) is 2. The molecule has 1 aliphatic heterocycles. The van der Waals surface area contributed by atoms with Crippen LogP contribution in [0.5, 0.6) is 0 Å². The third-order valence-electron chi connectivity index (χ3n) is 2.03. The van der Waals surface area contributed by atoms with Gasteiger partial charge in [0.1, 0.15) is 0 Å². The molecule has 1 heterocycles. The molecule has 1 aliphatic rings. The summed E-state index contributed by atoms with van der Waals surface area (Å²) in [5.74, 6) is -4.28. The second-order valence-corrected chi connectivity index (χ2v) is 3.45. The zero-order chi connectivity index (χ0) is 10.8. The number of Topliss-reactive ketones (excluding diaryl/α,β-unsaturated/α-hetero) is 1. The Bertz CT molecular complexity index is 279. The highest BCUT2D eigenvalue weighted by molar-refractivity contribution is 6.61. The molecule has 1 amide bonds. The Hall–Kier alpha value is -1.43. The van der Waals surface area contributed by atoms with Gasteiger partial charge in [0.15, 0.2) is 0 Å². The van der Waals surface area contributed by atoms with E-state index in [0.29, 0.717) is 19.6 Å². The molecule has 0 radical (unpaired) electrons. The topological polar surface area (TPSA) is 92.7 Å². The van der Waals surface area contributed by atoms with E-state index >= 15 is 0 Å². The van der Waals surface area contributed by atoms with Crippen LogP contribution in [-0.4, -0.2) is 41.5 Å². The molecular formula is C8H11NO5. The van der Waals surface area contributed by atoms with E-state index in [1.807, 2.05) is 0 Å². The molecule has 0 aliphatic carbocycles. The zero-order valence-electron chi connectivity index (χ0n) is 7.70. The fraction of sp³-hybridized carbons (Fsp3) is 0.625. The molecule has 0 aromatic heterocycles. The number of amides is 1. The van der Waals surface area contributed by atoms with Crippen molar-refractivity contribution in [2.75, 3.05) is 13.2 Å². The second-order valence-electron chi connectivity index (χ2n) is 3.45. The van der Waals surface area contributed by atoms with Crippen molar-refractivity contribution in [3.8, 4) is 0 Å². The number of carboxylic acids is 1.